The highest BCUT2D eigenvalue weighted by Crippen LogP contribution is 2.20. The number of carboxylic acids is 1. The predicted octanol–water partition coefficient (Wildman–Crippen LogP) is 2.32. The van der Waals surface area contributed by atoms with E-state index < -0.39 is 5.97 Å². The van der Waals surface area contributed by atoms with Gasteiger partial charge in [-0.05, 0) is 18.9 Å². The maximum atomic E-state index is 11.4. The quantitative estimate of drug-likeness (QED) is 0.751. The van der Waals surface area contributed by atoms with Gasteiger partial charge in [0.05, 0.1) is 5.02 Å². The summed E-state index contributed by atoms with van der Waals surface area (Å²) in [4.78, 5) is 22.7. The number of thiophene rings is 1. The summed E-state index contributed by atoms with van der Waals surface area (Å²) in [6.07, 6.45) is 1.62. The Bertz CT molecular complexity index is 392. The maximum Gasteiger partial charge on any atom is 0.303 e. The van der Waals surface area contributed by atoms with E-state index in [0.29, 0.717) is 30.8 Å². The Hall–Kier alpha value is -1.07. The van der Waals surface area contributed by atoms with E-state index in [0.717, 1.165) is 4.88 Å². The molecule has 17 heavy (non-hydrogen) atoms. The summed E-state index contributed by atoms with van der Waals surface area (Å²) in [7, 11) is 0. The highest BCUT2D eigenvalue weighted by atomic mass is 35.5. The molecule has 0 aromatic carbocycles. The van der Waals surface area contributed by atoms with Gasteiger partial charge in [-0.2, -0.15) is 0 Å². The lowest BCUT2D eigenvalue weighted by molar-refractivity contribution is -0.137. The summed E-state index contributed by atoms with van der Waals surface area (Å²) < 4.78 is 0. The minimum atomic E-state index is -0.840. The van der Waals surface area contributed by atoms with E-state index in [4.69, 9.17) is 16.7 Å². The van der Waals surface area contributed by atoms with E-state index >= 15 is 0 Å². The number of hydrogen-bond acceptors (Lipinski definition) is 3. The van der Waals surface area contributed by atoms with Crippen molar-refractivity contribution >= 4 is 34.8 Å². The molecule has 1 aromatic rings. The number of aryl methyl sites for hydroxylation is 1. The summed E-state index contributed by atoms with van der Waals surface area (Å²) in [6.45, 7) is 0.413. The van der Waals surface area contributed by atoms with Crippen LogP contribution in [0.1, 0.15) is 24.1 Å². The van der Waals surface area contributed by atoms with Crippen molar-refractivity contribution in [3.8, 4) is 0 Å². The van der Waals surface area contributed by atoms with Gasteiger partial charge in [0.2, 0.25) is 5.91 Å². The third kappa shape index (κ3) is 6.28. The number of carbonyl (C=O) groups excluding carboxylic acids is 1. The maximum absolute atomic E-state index is 11.4. The summed E-state index contributed by atoms with van der Waals surface area (Å²) in [5.41, 5.74) is 0. The van der Waals surface area contributed by atoms with Crippen molar-refractivity contribution < 1.29 is 14.7 Å². The molecule has 0 aliphatic heterocycles. The van der Waals surface area contributed by atoms with Gasteiger partial charge < -0.3 is 10.4 Å². The molecule has 6 heteroatoms. The number of amides is 1. The molecule has 0 fully saturated rings. The van der Waals surface area contributed by atoms with Crippen LogP contribution in [0, 0.1) is 0 Å². The molecule has 1 rings (SSSR count). The number of aliphatic carboxylic acids is 1. The molecule has 0 unspecified atom stereocenters. The largest absolute Gasteiger partial charge is 0.481 e. The Kier molecular flexibility index (Phi) is 6.00. The molecule has 2 N–H and O–H groups in total. The van der Waals surface area contributed by atoms with Crippen LogP contribution in [0.4, 0.5) is 0 Å². The van der Waals surface area contributed by atoms with Crippen molar-refractivity contribution in [2.75, 3.05) is 6.54 Å². The standard InChI is InChI=1S/C11H14ClNO3S/c12-8-6-9(17-7-8)3-4-10(14)13-5-1-2-11(15)16/h6-7H,1-5H2,(H,13,14)(H,15,16). The summed E-state index contributed by atoms with van der Waals surface area (Å²) >= 11 is 7.30. The highest BCUT2D eigenvalue weighted by Gasteiger charge is 2.04. The average molecular weight is 276 g/mol. The number of rotatable bonds is 7. The second-order valence-electron chi connectivity index (χ2n) is 3.58. The molecule has 0 aliphatic rings. The van der Waals surface area contributed by atoms with Gasteiger partial charge in [-0.25, -0.2) is 0 Å². The number of carbonyl (C=O) groups is 2. The van der Waals surface area contributed by atoms with Gasteiger partial charge in [-0.1, -0.05) is 11.6 Å². The molecule has 4 nitrogen and oxygen atoms in total. The Morgan fingerprint density at radius 2 is 2.18 bits per heavy atom. The third-order valence-electron chi connectivity index (χ3n) is 2.11. The predicted molar refractivity (Wildman–Crippen MR) is 67.5 cm³/mol. The molecule has 0 spiro atoms. The lowest BCUT2D eigenvalue weighted by atomic mass is 10.2. The third-order valence-corrected chi connectivity index (χ3v) is 3.45. The van der Waals surface area contributed by atoms with Crippen LogP contribution in [0.2, 0.25) is 5.02 Å². The van der Waals surface area contributed by atoms with Crippen molar-refractivity contribution in [2.45, 2.75) is 25.7 Å². The van der Waals surface area contributed by atoms with E-state index in [1.165, 1.54) is 11.3 Å². The molecule has 0 radical (unpaired) electrons. The Labute approximate surface area is 109 Å². The van der Waals surface area contributed by atoms with Crippen molar-refractivity contribution in [1.29, 1.82) is 0 Å². The van der Waals surface area contributed by atoms with Crippen molar-refractivity contribution in [3.05, 3.63) is 21.3 Å². The molecule has 1 aromatic heterocycles. The minimum Gasteiger partial charge on any atom is -0.481 e. The van der Waals surface area contributed by atoms with E-state index in [1.54, 1.807) is 0 Å². The topological polar surface area (TPSA) is 66.4 Å². The van der Waals surface area contributed by atoms with Gasteiger partial charge in [0.15, 0.2) is 0 Å². The van der Waals surface area contributed by atoms with Crippen molar-refractivity contribution in [2.24, 2.45) is 0 Å². The Morgan fingerprint density at radius 3 is 2.76 bits per heavy atom. The zero-order valence-corrected chi connectivity index (χ0v) is 10.8. The number of halogens is 1. The van der Waals surface area contributed by atoms with Crippen LogP contribution in [0.3, 0.4) is 0 Å². The van der Waals surface area contributed by atoms with Crippen molar-refractivity contribution in [3.63, 3.8) is 0 Å². The highest BCUT2D eigenvalue weighted by molar-refractivity contribution is 7.10. The second kappa shape index (κ2) is 7.29. The first kappa shape index (κ1) is 14.0. The Balaban J connectivity index is 2.11. The van der Waals surface area contributed by atoms with Crippen LogP contribution >= 0.6 is 22.9 Å². The second-order valence-corrected chi connectivity index (χ2v) is 5.01. The summed E-state index contributed by atoms with van der Waals surface area (Å²) in [5, 5.41) is 13.6. The normalized spacial score (nSPS) is 10.2. The molecule has 0 saturated carbocycles. The van der Waals surface area contributed by atoms with Crippen molar-refractivity contribution in [1.82, 2.24) is 5.32 Å². The van der Waals surface area contributed by atoms with E-state index in [9.17, 15) is 9.59 Å². The summed E-state index contributed by atoms with van der Waals surface area (Å²) in [6, 6.07) is 1.85. The van der Waals surface area contributed by atoms with E-state index in [1.807, 2.05) is 11.4 Å². The molecule has 1 amide bonds. The first-order valence-corrected chi connectivity index (χ1v) is 6.55. The van der Waals surface area contributed by atoms with Gasteiger partial charge in [0, 0.05) is 29.6 Å². The fourth-order valence-electron chi connectivity index (χ4n) is 1.28. The van der Waals surface area contributed by atoms with Gasteiger partial charge in [-0.3, -0.25) is 9.59 Å². The number of nitrogens with one attached hydrogen (secondary N) is 1. The van der Waals surface area contributed by atoms with Gasteiger partial charge in [-0.15, -0.1) is 11.3 Å². The fourth-order valence-corrected chi connectivity index (χ4v) is 2.35. The lowest BCUT2D eigenvalue weighted by Crippen LogP contribution is -2.24. The van der Waals surface area contributed by atoms with Gasteiger partial charge >= 0.3 is 5.97 Å². The molecule has 0 atom stereocenters. The summed E-state index contributed by atoms with van der Waals surface area (Å²) in [5.74, 6) is -0.896. The zero-order valence-electron chi connectivity index (χ0n) is 9.24. The van der Waals surface area contributed by atoms with Gasteiger partial charge in [0.1, 0.15) is 0 Å². The van der Waals surface area contributed by atoms with E-state index in [2.05, 4.69) is 5.32 Å². The van der Waals surface area contributed by atoms with Crippen LogP contribution in [-0.4, -0.2) is 23.5 Å². The first-order valence-electron chi connectivity index (χ1n) is 5.29. The molecule has 0 bridgehead atoms. The fraction of sp³-hybridized carbons (Fsp3) is 0.455. The number of hydrogen-bond donors (Lipinski definition) is 2. The molecular formula is C11H14ClNO3S. The van der Waals surface area contributed by atoms with Crippen LogP contribution in [-0.2, 0) is 16.0 Å². The average Bonchev–Trinajstić information content (AvgIpc) is 2.67. The Morgan fingerprint density at radius 1 is 1.41 bits per heavy atom. The zero-order chi connectivity index (χ0) is 12.7. The van der Waals surface area contributed by atoms with Gasteiger partial charge in [0.25, 0.3) is 0 Å². The lowest BCUT2D eigenvalue weighted by Gasteiger charge is -2.02. The van der Waals surface area contributed by atoms with Crippen LogP contribution in [0.5, 0.6) is 0 Å². The van der Waals surface area contributed by atoms with Crippen LogP contribution in [0.15, 0.2) is 11.4 Å². The SMILES string of the molecule is O=C(O)CCCNC(=O)CCc1cc(Cl)cs1. The number of carboxylic acid groups (broad SMARTS) is 1. The van der Waals surface area contributed by atoms with E-state index in [-0.39, 0.29) is 12.3 Å². The van der Waals surface area contributed by atoms with Crippen LogP contribution in [0.25, 0.3) is 0 Å². The minimum absolute atomic E-state index is 0.0556. The molecule has 94 valence electrons. The molecular weight excluding hydrogens is 262 g/mol. The smallest absolute Gasteiger partial charge is 0.303 e. The molecule has 0 aliphatic carbocycles. The van der Waals surface area contributed by atoms with Crippen LogP contribution < -0.4 is 5.32 Å². The monoisotopic (exact) mass is 275 g/mol. The first-order chi connectivity index (χ1) is 8.08. The molecule has 0 saturated heterocycles. The molecule has 1 heterocycles.